The molecule has 3 N–H and O–H groups in total. The third-order valence-corrected chi connectivity index (χ3v) is 8.47. The summed E-state index contributed by atoms with van der Waals surface area (Å²) in [5, 5.41) is 8.40. The Bertz CT molecular complexity index is 1420. The highest BCUT2D eigenvalue weighted by Crippen LogP contribution is 2.41. The first kappa shape index (κ1) is 28.1. The molecule has 1 aromatic heterocycles. The number of nitrogens with two attached hydrogens (primary N) is 1. The molecule has 4 heterocycles. The summed E-state index contributed by atoms with van der Waals surface area (Å²) in [4.78, 5) is 29.6. The van der Waals surface area contributed by atoms with Crippen molar-refractivity contribution in [1.82, 2.24) is 19.6 Å². The van der Waals surface area contributed by atoms with E-state index in [1.807, 2.05) is 85.0 Å². The SMILES string of the molecule is CC(C)(C)OC(=O)N1CCC1N1CCC([C@@H]2CCNc3c(C(N)=O)c(-c4ccc(Oc5ccccc5)cc4)nn32)CC1. The van der Waals surface area contributed by atoms with Crippen LogP contribution in [0.2, 0.25) is 0 Å². The van der Waals surface area contributed by atoms with E-state index in [0.717, 1.165) is 63.2 Å². The largest absolute Gasteiger partial charge is 0.457 e. The molecule has 3 aromatic rings. The maximum atomic E-state index is 12.7. The molecular weight excluding hydrogens is 532 g/mol. The number of para-hydroxylation sites is 1. The van der Waals surface area contributed by atoms with Crippen molar-refractivity contribution >= 4 is 17.8 Å². The Morgan fingerprint density at radius 1 is 0.929 bits per heavy atom. The number of amides is 2. The van der Waals surface area contributed by atoms with Crippen LogP contribution in [-0.4, -0.2) is 69.5 Å². The highest BCUT2D eigenvalue weighted by Gasteiger charge is 2.42. The monoisotopic (exact) mass is 572 g/mol. The number of ether oxygens (including phenoxy) is 2. The van der Waals surface area contributed by atoms with Crippen LogP contribution in [0.4, 0.5) is 10.6 Å². The molecule has 0 bridgehead atoms. The van der Waals surface area contributed by atoms with E-state index in [0.29, 0.717) is 28.7 Å². The van der Waals surface area contributed by atoms with Crippen molar-refractivity contribution in [3.8, 4) is 22.8 Å². The predicted octanol–water partition coefficient (Wildman–Crippen LogP) is 5.48. The van der Waals surface area contributed by atoms with Gasteiger partial charge in [-0.1, -0.05) is 18.2 Å². The number of primary amides is 1. The zero-order valence-electron chi connectivity index (χ0n) is 24.6. The summed E-state index contributed by atoms with van der Waals surface area (Å²) in [6, 6.07) is 17.4. The molecule has 2 saturated heterocycles. The van der Waals surface area contributed by atoms with Crippen molar-refractivity contribution in [2.75, 3.05) is 31.5 Å². The maximum Gasteiger partial charge on any atom is 0.411 e. The summed E-state index contributed by atoms with van der Waals surface area (Å²) < 4.78 is 13.6. The molecule has 3 aliphatic rings. The molecule has 2 fully saturated rings. The van der Waals surface area contributed by atoms with Gasteiger partial charge in [-0.15, -0.1) is 0 Å². The molecule has 2 aromatic carbocycles. The van der Waals surface area contributed by atoms with Crippen LogP contribution in [0.1, 0.15) is 62.9 Å². The van der Waals surface area contributed by atoms with Gasteiger partial charge < -0.3 is 20.5 Å². The minimum Gasteiger partial charge on any atom is -0.457 e. The average Bonchev–Trinajstić information content (AvgIpc) is 3.33. The summed E-state index contributed by atoms with van der Waals surface area (Å²) in [6.45, 7) is 9.02. The molecule has 6 rings (SSSR count). The number of rotatable bonds is 6. The second-order valence-corrected chi connectivity index (χ2v) is 12.4. The number of carbonyl (C=O) groups excluding carboxylic acids is 2. The third-order valence-electron chi connectivity index (χ3n) is 8.47. The lowest BCUT2D eigenvalue weighted by Gasteiger charge is -2.49. The van der Waals surface area contributed by atoms with Gasteiger partial charge in [-0.25, -0.2) is 9.48 Å². The van der Waals surface area contributed by atoms with E-state index in [1.165, 1.54) is 0 Å². The standard InChI is InChI=1S/C32H40N6O4/c1-32(2,3)42-31(40)37-20-16-26(37)36-18-14-21(15-19-36)25-13-17-34-30-27(29(33)39)28(35-38(25)30)22-9-11-24(12-10-22)41-23-7-5-4-6-8-23/h4-12,21,25-26,34H,13-20H2,1-3H3,(H2,33,39)/t25-,26?/m0/s1. The van der Waals surface area contributed by atoms with Crippen LogP contribution in [0.3, 0.4) is 0 Å². The molecule has 2 amide bonds. The van der Waals surface area contributed by atoms with Gasteiger partial charge in [0.15, 0.2) is 0 Å². The van der Waals surface area contributed by atoms with E-state index in [4.69, 9.17) is 20.3 Å². The number of nitrogens with one attached hydrogen (secondary N) is 1. The van der Waals surface area contributed by atoms with Gasteiger partial charge in [0.05, 0.1) is 12.2 Å². The predicted molar refractivity (Wildman–Crippen MR) is 160 cm³/mol. The van der Waals surface area contributed by atoms with Crippen molar-refractivity contribution in [3.05, 3.63) is 60.2 Å². The minimum absolute atomic E-state index is 0.107. The number of aromatic nitrogens is 2. The average molecular weight is 573 g/mol. The quantitative estimate of drug-likeness (QED) is 0.402. The van der Waals surface area contributed by atoms with Crippen molar-refractivity contribution in [2.45, 2.75) is 64.3 Å². The molecule has 10 heteroatoms. The van der Waals surface area contributed by atoms with E-state index < -0.39 is 11.5 Å². The molecule has 42 heavy (non-hydrogen) atoms. The lowest BCUT2D eigenvalue weighted by Crippen LogP contribution is -2.61. The molecule has 10 nitrogen and oxygen atoms in total. The van der Waals surface area contributed by atoms with Gasteiger partial charge in [0.2, 0.25) is 0 Å². The summed E-state index contributed by atoms with van der Waals surface area (Å²) in [5.74, 6) is 2.08. The number of benzene rings is 2. The van der Waals surface area contributed by atoms with Crippen molar-refractivity contribution in [3.63, 3.8) is 0 Å². The normalized spacial score (nSPS) is 21.2. The Morgan fingerprint density at radius 3 is 2.24 bits per heavy atom. The van der Waals surface area contributed by atoms with Crippen LogP contribution in [0.25, 0.3) is 11.3 Å². The number of hydrogen-bond donors (Lipinski definition) is 2. The number of piperidine rings is 1. The number of fused-ring (bicyclic) bond motifs is 1. The fourth-order valence-electron chi connectivity index (χ4n) is 6.37. The second-order valence-electron chi connectivity index (χ2n) is 12.4. The van der Waals surface area contributed by atoms with Crippen LogP contribution in [0.15, 0.2) is 54.6 Å². The van der Waals surface area contributed by atoms with Gasteiger partial charge in [0, 0.05) is 31.7 Å². The number of likely N-dealkylation sites (tertiary alicyclic amines) is 2. The van der Waals surface area contributed by atoms with Gasteiger partial charge in [-0.3, -0.25) is 14.6 Å². The fourth-order valence-corrected chi connectivity index (χ4v) is 6.37. The fraction of sp³-hybridized carbons (Fsp3) is 0.469. The highest BCUT2D eigenvalue weighted by atomic mass is 16.6. The number of nitrogens with zero attached hydrogens (tertiary/aromatic N) is 4. The van der Waals surface area contributed by atoms with Gasteiger partial charge in [-0.05, 0) is 88.8 Å². The zero-order valence-corrected chi connectivity index (χ0v) is 24.6. The maximum absolute atomic E-state index is 12.7. The van der Waals surface area contributed by atoms with Crippen LogP contribution < -0.4 is 15.8 Å². The van der Waals surface area contributed by atoms with Crippen LogP contribution in [0.5, 0.6) is 11.5 Å². The highest BCUT2D eigenvalue weighted by molar-refractivity contribution is 6.03. The van der Waals surface area contributed by atoms with Crippen LogP contribution in [-0.2, 0) is 4.74 Å². The molecule has 3 aliphatic heterocycles. The van der Waals surface area contributed by atoms with E-state index >= 15 is 0 Å². The van der Waals surface area contributed by atoms with Crippen molar-refractivity contribution < 1.29 is 19.1 Å². The zero-order chi connectivity index (χ0) is 29.4. The molecule has 222 valence electrons. The first-order valence-corrected chi connectivity index (χ1v) is 14.9. The summed E-state index contributed by atoms with van der Waals surface area (Å²) in [7, 11) is 0. The van der Waals surface area contributed by atoms with E-state index in [2.05, 4.69) is 10.2 Å². The van der Waals surface area contributed by atoms with Crippen LogP contribution >= 0.6 is 0 Å². The van der Waals surface area contributed by atoms with Crippen molar-refractivity contribution in [2.24, 2.45) is 11.7 Å². The molecule has 0 radical (unpaired) electrons. The van der Waals surface area contributed by atoms with Gasteiger partial charge in [-0.2, -0.15) is 5.10 Å². The summed E-state index contributed by atoms with van der Waals surface area (Å²) in [5.41, 5.74) is 7.25. The number of anilines is 1. The van der Waals surface area contributed by atoms with Crippen LogP contribution in [0, 0.1) is 5.92 Å². The number of hydrogen-bond acceptors (Lipinski definition) is 7. The Hall–Kier alpha value is -4.05. The molecule has 2 atom stereocenters. The summed E-state index contributed by atoms with van der Waals surface area (Å²) in [6.07, 6.45) is 3.77. The molecule has 0 spiro atoms. The minimum atomic E-state index is -0.499. The van der Waals surface area contributed by atoms with Gasteiger partial charge in [0.25, 0.3) is 5.91 Å². The van der Waals surface area contributed by atoms with E-state index in [1.54, 1.807) is 0 Å². The van der Waals surface area contributed by atoms with Gasteiger partial charge >= 0.3 is 6.09 Å². The topological polar surface area (TPSA) is 115 Å². The molecule has 0 aliphatic carbocycles. The van der Waals surface area contributed by atoms with Gasteiger partial charge in [0.1, 0.15) is 34.2 Å². The smallest absolute Gasteiger partial charge is 0.411 e. The molecule has 0 saturated carbocycles. The molecule has 1 unspecified atom stereocenters. The first-order valence-electron chi connectivity index (χ1n) is 14.9. The Balaban J connectivity index is 1.16. The first-order chi connectivity index (χ1) is 20.2. The Morgan fingerprint density at radius 2 is 1.62 bits per heavy atom. The number of carbonyl (C=O) groups is 2. The molecular formula is C32H40N6O4. The van der Waals surface area contributed by atoms with Crippen molar-refractivity contribution in [1.29, 1.82) is 0 Å². The summed E-state index contributed by atoms with van der Waals surface area (Å²) >= 11 is 0. The third kappa shape index (κ3) is 5.68. The Kier molecular flexibility index (Phi) is 7.57. The lowest BCUT2D eigenvalue weighted by molar-refractivity contribution is -0.0641. The second kappa shape index (κ2) is 11.3. The lowest BCUT2D eigenvalue weighted by atomic mass is 9.86. The Labute approximate surface area is 246 Å². The van der Waals surface area contributed by atoms with E-state index in [-0.39, 0.29) is 18.3 Å². The van der Waals surface area contributed by atoms with E-state index in [9.17, 15) is 9.59 Å².